The Morgan fingerprint density at radius 1 is 0.419 bits per heavy atom. The van der Waals surface area contributed by atoms with Crippen molar-refractivity contribution in [1.82, 2.24) is 9.97 Å². The van der Waals surface area contributed by atoms with Crippen LogP contribution in [0, 0.1) is 6.92 Å². The van der Waals surface area contributed by atoms with Gasteiger partial charge in [0.05, 0.1) is 11.4 Å². The zero-order valence-electron chi connectivity index (χ0n) is 17.4. The molecule has 0 N–H and O–H groups in total. The zero-order chi connectivity index (χ0) is 21.0. The molecule has 0 spiro atoms. The summed E-state index contributed by atoms with van der Waals surface area (Å²) in [6.07, 6.45) is 0. The predicted molar refractivity (Wildman–Crippen MR) is 129 cm³/mol. The highest BCUT2D eigenvalue weighted by Crippen LogP contribution is 2.29. The maximum Gasteiger partial charge on any atom is 0.160 e. The molecule has 0 atom stereocenters. The van der Waals surface area contributed by atoms with Crippen molar-refractivity contribution in [2.75, 3.05) is 0 Å². The molecule has 31 heavy (non-hydrogen) atoms. The van der Waals surface area contributed by atoms with Crippen molar-refractivity contribution in [3.8, 4) is 45.0 Å². The van der Waals surface area contributed by atoms with E-state index in [9.17, 15) is 0 Å². The number of hydrogen-bond acceptors (Lipinski definition) is 2. The first-order valence-electron chi connectivity index (χ1n) is 10.4. The lowest BCUT2D eigenvalue weighted by Crippen LogP contribution is -1.96. The molecule has 0 amide bonds. The summed E-state index contributed by atoms with van der Waals surface area (Å²) in [6, 6.07) is 39.7. The average Bonchev–Trinajstić information content (AvgIpc) is 2.85. The molecule has 1 aromatic heterocycles. The molecule has 0 aliphatic carbocycles. The van der Waals surface area contributed by atoms with Crippen LogP contribution in [-0.4, -0.2) is 9.97 Å². The maximum absolute atomic E-state index is 4.94. The van der Waals surface area contributed by atoms with Gasteiger partial charge in [-0.1, -0.05) is 109 Å². The normalized spacial score (nSPS) is 10.7. The Labute approximate surface area is 182 Å². The third-order valence-corrected chi connectivity index (χ3v) is 5.37. The number of aryl methyl sites for hydroxylation is 1. The van der Waals surface area contributed by atoms with Crippen LogP contribution in [0.3, 0.4) is 0 Å². The minimum Gasteiger partial charge on any atom is -0.228 e. The Bertz CT molecular complexity index is 1250. The van der Waals surface area contributed by atoms with Crippen LogP contribution in [0.4, 0.5) is 0 Å². The maximum atomic E-state index is 4.94. The van der Waals surface area contributed by atoms with Crippen molar-refractivity contribution in [2.24, 2.45) is 0 Å². The van der Waals surface area contributed by atoms with Crippen LogP contribution in [0.15, 0.2) is 115 Å². The topological polar surface area (TPSA) is 25.8 Å². The fourth-order valence-corrected chi connectivity index (χ4v) is 3.67. The van der Waals surface area contributed by atoms with E-state index in [0.29, 0.717) is 0 Å². The summed E-state index contributed by atoms with van der Waals surface area (Å²) < 4.78 is 0. The monoisotopic (exact) mass is 398 g/mol. The van der Waals surface area contributed by atoms with Crippen LogP contribution in [-0.2, 0) is 0 Å². The van der Waals surface area contributed by atoms with E-state index in [1.165, 1.54) is 11.1 Å². The predicted octanol–water partition coefficient (Wildman–Crippen LogP) is 7.45. The third kappa shape index (κ3) is 4.15. The zero-order valence-corrected chi connectivity index (χ0v) is 17.4. The molecule has 0 aliphatic rings. The van der Waals surface area contributed by atoms with Gasteiger partial charge in [-0.3, -0.25) is 0 Å². The van der Waals surface area contributed by atoms with E-state index in [4.69, 9.17) is 9.97 Å². The van der Waals surface area contributed by atoms with E-state index >= 15 is 0 Å². The standard InChI is InChI=1S/C29H22N2/c1-21-15-17-22(18-16-21)25-13-8-14-26(19-25)29-30-27(23-9-4-2-5-10-23)20-28(31-29)24-11-6-3-7-12-24/h2-20H,1H3. The number of nitrogens with zero attached hydrogens (tertiary/aromatic N) is 2. The summed E-state index contributed by atoms with van der Waals surface area (Å²) in [6.45, 7) is 2.11. The van der Waals surface area contributed by atoms with Gasteiger partial charge in [0, 0.05) is 16.7 Å². The van der Waals surface area contributed by atoms with E-state index in [1.54, 1.807) is 0 Å². The minimum atomic E-state index is 0.731. The van der Waals surface area contributed by atoms with Gasteiger partial charge < -0.3 is 0 Å². The van der Waals surface area contributed by atoms with Gasteiger partial charge in [0.1, 0.15) is 0 Å². The lowest BCUT2D eigenvalue weighted by molar-refractivity contribution is 1.18. The van der Waals surface area contributed by atoms with E-state index in [2.05, 4.69) is 85.8 Å². The molecular formula is C29H22N2. The first-order chi connectivity index (χ1) is 15.3. The Kier molecular flexibility index (Phi) is 5.12. The fraction of sp³-hybridized carbons (Fsp3) is 0.0345. The van der Waals surface area contributed by atoms with Crippen LogP contribution in [0.25, 0.3) is 45.0 Å². The highest BCUT2D eigenvalue weighted by molar-refractivity contribution is 5.74. The van der Waals surface area contributed by atoms with Gasteiger partial charge in [0.25, 0.3) is 0 Å². The SMILES string of the molecule is Cc1ccc(-c2cccc(-c3nc(-c4ccccc4)cc(-c4ccccc4)n3)c2)cc1. The van der Waals surface area contributed by atoms with Crippen molar-refractivity contribution in [3.63, 3.8) is 0 Å². The first kappa shape index (κ1) is 19.0. The Morgan fingerprint density at radius 2 is 0.935 bits per heavy atom. The van der Waals surface area contributed by atoms with Crippen LogP contribution in [0.1, 0.15) is 5.56 Å². The molecule has 0 bridgehead atoms. The largest absolute Gasteiger partial charge is 0.228 e. The van der Waals surface area contributed by atoms with Gasteiger partial charge in [0.2, 0.25) is 0 Å². The van der Waals surface area contributed by atoms with Crippen molar-refractivity contribution in [2.45, 2.75) is 6.92 Å². The lowest BCUT2D eigenvalue weighted by atomic mass is 10.0. The molecule has 5 rings (SSSR count). The van der Waals surface area contributed by atoms with Gasteiger partial charge in [-0.15, -0.1) is 0 Å². The van der Waals surface area contributed by atoms with Crippen molar-refractivity contribution >= 4 is 0 Å². The van der Waals surface area contributed by atoms with Crippen LogP contribution >= 0.6 is 0 Å². The second-order valence-electron chi connectivity index (χ2n) is 7.64. The van der Waals surface area contributed by atoms with Crippen LogP contribution in [0.2, 0.25) is 0 Å². The molecular weight excluding hydrogens is 376 g/mol. The molecule has 1 heterocycles. The van der Waals surface area contributed by atoms with Gasteiger partial charge in [-0.2, -0.15) is 0 Å². The lowest BCUT2D eigenvalue weighted by Gasteiger charge is -2.10. The second kappa shape index (κ2) is 8.37. The Hall–Kier alpha value is -4.04. The van der Waals surface area contributed by atoms with Crippen LogP contribution < -0.4 is 0 Å². The molecule has 0 unspecified atom stereocenters. The quantitative estimate of drug-likeness (QED) is 0.314. The molecule has 2 heteroatoms. The summed E-state index contributed by atoms with van der Waals surface area (Å²) in [5.41, 5.74) is 8.62. The van der Waals surface area contributed by atoms with Crippen LogP contribution in [0.5, 0.6) is 0 Å². The van der Waals surface area contributed by atoms with E-state index < -0.39 is 0 Å². The highest BCUT2D eigenvalue weighted by Gasteiger charge is 2.11. The number of benzene rings is 4. The van der Waals surface area contributed by atoms with Crippen molar-refractivity contribution in [1.29, 1.82) is 0 Å². The van der Waals surface area contributed by atoms with Gasteiger partial charge >= 0.3 is 0 Å². The summed E-state index contributed by atoms with van der Waals surface area (Å²) in [4.78, 5) is 9.87. The Morgan fingerprint density at radius 3 is 1.52 bits per heavy atom. The molecule has 148 valence electrons. The molecule has 0 saturated carbocycles. The molecule has 0 saturated heterocycles. The summed E-state index contributed by atoms with van der Waals surface area (Å²) >= 11 is 0. The Balaban J connectivity index is 1.65. The first-order valence-corrected chi connectivity index (χ1v) is 10.4. The summed E-state index contributed by atoms with van der Waals surface area (Å²) in [7, 11) is 0. The number of hydrogen-bond donors (Lipinski definition) is 0. The summed E-state index contributed by atoms with van der Waals surface area (Å²) in [5.74, 6) is 0.731. The molecule has 0 radical (unpaired) electrons. The van der Waals surface area contributed by atoms with Gasteiger partial charge in [-0.25, -0.2) is 9.97 Å². The fourth-order valence-electron chi connectivity index (χ4n) is 3.67. The third-order valence-electron chi connectivity index (χ3n) is 5.37. The molecule has 4 aromatic carbocycles. The molecule has 0 aliphatic heterocycles. The summed E-state index contributed by atoms with van der Waals surface area (Å²) in [5, 5.41) is 0. The van der Waals surface area contributed by atoms with E-state index in [0.717, 1.165) is 39.5 Å². The van der Waals surface area contributed by atoms with Crippen molar-refractivity contribution in [3.05, 3.63) is 121 Å². The highest BCUT2D eigenvalue weighted by atomic mass is 14.9. The second-order valence-corrected chi connectivity index (χ2v) is 7.64. The van der Waals surface area contributed by atoms with Gasteiger partial charge in [-0.05, 0) is 30.2 Å². The number of aromatic nitrogens is 2. The molecule has 5 aromatic rings. The van der Waals surface area contributed by atoms with Crippen molar-refractivity contribution < 1.29 is 0 Å². The number of rotatable bonds is 4. The molecule has 0 fully saturated rings. The van der Waals surface area contributed by atoms with E-state index in [1.807, 2.05) is 36.4 Å². The van der Waals surface area contributed by atoms with Gasteiger partial charge in [0.15, 0.2) is 5.82 Å². The average molecular weight is 399 g/mol. The molecule has 2 nitrogen and oxygen atoms in total. The smallest absolute Gasteiger partial charge is 0.160 e. The minimum absolute atomic E-state index is 0.731. The van der Waals surface area contributed by atoms with E-state index in [-0.39, 0.29) is 0 Å².